The minimum absolute atomic E-state index is 0.0366. The van der Waals surface area contributed by atoms with Crippen molar-refractivity contribution < 1.29 is 4.79 Å². The third-order valence-corrected chi connectivity index (χ3v) is 4.70. The van der Waals surface area contributed by atoms with Gasteiger partial charge in [0.2, 0.25) is 0 Å². The molecule has 1 aliphatic rings. The Morgan fingerprint density at radius 1 is 1.24 bits per heavy atom. The standard InChI is InChI=1S/C16H10BrClN2O/c17-9-5-6-14-19-15-13(21)7-11(16(15)20(14)8-9)10-3-1-2-4-12(10)18/h1-6,8,11H,7H2. The lowest BCUT2D eigenvalue weighted by molar-refractivity contribution is 0.0987. The van der Waals surface area contributed by atoms with Gasteiger partial charge in [0.05, 0.1) is 5.69 Å². The zero-order valence-electron chi connectivity index (χ0n) is 10.9. The molecule has 21 heavy (non-hydrogen) atoms. The zero-order valence-corrected chi connectivity index (χ0v) is 13.2. The number of pyridine rings is 1. The fourth-order valence-electron chi connectivity index (χ4n) is 2.97. The third kappa shape index (κ3) is 1.93. The molecule has 0 saturated heterocycles. The molecule has 5 heteroatoms. The van der Waals surface area contributed by atoms with Crippen LogP contribution < -0.4 is 0 Å². The van der Waals surface area contributed by atoms with Gasteiger partial charge in [-0.05, 0) is 39.7 Å². The molecule has 2 aromatic heterocycles. The Balaban J connectivity index is 2.00. The van der Waals surface area contributed by atoms with E-state index in [0.717, 1.165) is 21.4 Å². The lowest BCUT2D eigenvalue weighted by Gasteiger charge is -2.13. The molecule has 0 fully saturated rings. The number of aromatic nitrogens is 2. The minimum Gasteiger partial charge on any atom is -0.302 e. The van der Waals surface area contributed by atoms with Gasteiger partial charge in [-0.1, -0.05) is 29.8 Å². The van der Waals surface area contributed by atoms with Crippen LogP contribution in [0.3, 0.4) is 0 Å². The number of Topliss-reactive ketones (excluding diaryl/α,β-unsaturated/α-hetero) is 1. The SMILES string of the molecule is O=C1CC(c2ccccc2Cl)c2c1nc1ccc(Br)cn21. The highest BCUT2D eigenvalue weighted by Crippen LogP contribution is 2.41. The quantitative estimate of drug-likeness (QED) is 0.641. The molecular weight excluding hydrogens is 352 g/mol. The van der Waals surface area contributed by atoms with Gasteiger partial charge in [-0.3, -0.25) is 4.79 Å². The predicted octanol–water partition coefficient (Wildman–Crippen LogP) is 4.47. The van der Waals surface area contributed by atoms with Crippen LogP contribution >= 0.6 is 27.5 Å². The van der Waals surface area contributed by atoms with Crippen molar-refractivity contribution in [3.05, 3.63) is 69.0 Å². The van der Waals surface area contributed by atoms with Gasteiger partial charge >= 0.3 is 0 Å². The number of ketones is 1. The Kier molecular flexibility index (Phi) is 2.91. The fraction of sp³-hybridized carbons (Fsp3) is 0.125. The summed E-state index contributed by atoms with van der Waals surface area (Å²) >= 11 is 9.79. The van der Waals surface area contributed by atoms with Crippen molar-refractivity contribution in [2.24, 2.45) is 0 Å². The van der Waals surface area contributed by atoms with E-state index in [2.05, 4.69) is 20.9 Å². The molecule has 0 amide bonds. The largest absolute Gasteiger partial charge is 0.302 e. The van der Waals surface area contributed by atoms with E-state index in [1.54, 1.807) is 0 Å². The van der Waals surface area contributed by atoms with Crippen molar-refractivity contribution in [1.82, 2.24) is 9.38 Å². The van der Waals surface area contributed by atoms with Gasteiger partial charge < -0.3 is 4.40 Å². The van der Waals surface area contributed by atoms with Gasteiger partial charge in [0.25, 0.3) is 0 Å². The number of rotatable bonds is 1. The average molecular weight is 362 g/mol. The summed E-state index contributed by atoms with van der Waals surface area (Å²) < 4.78 is 2.94. The summed E-state index contributed by atoms with van der Waals surface area (Å²) in [7, 11) is 0. The van der Waals surface area contributed by atoms with E-state index in [0.29, 0.717) is 17.1 Å². The van der Waals surface area contributed by atoms with E-state index < -0.39 is 0 Å². The second-order valence-corrected chi connectivity index (χ2v) is 6.45. The van der Waals surface area contributed by atoms with E-state index in [1.807, 2.05) is 47.0 Å². The first kappa shape index (κ1) is 13.0. The van der Waals surface area contributed by atoms with Crippen molar-refractivity contribution >= 4 is 39.0 Å². The van der Waals surface area contributed by atoms with Gasteiger partial charge in [0, 0.05) is 28.0 Å². The molecule has 3 nitrogen and oxygen atoms in total. The van der Waals surface area contributed by atoms with Gasteiger partial charge in [0.1, 0.15) is 11.3 Å². The average Bonchev–Trinajstić information content (AvgIpc) is 2.98. The molecule has 1 aliphatic carbocycles. The predicted molar refractivity (Wildman–Crippen MR) is 85.1 cm³/mol. The lowest BCUT2D eigenvalue weighted by Crippen LogP contribution is -2.02. The van der Waals surface area contributed by atoms with Crippen molar-refractivity contribution in [3.8, 4) is 0 Å². The van der Waals surface area contributed by atoms with Crippen molar-refractivity contribution in [3.63, 3.8) is 0 Å². The van der Waals surface area contributed by atoms with Gasteiger partial charge in [-0.2, -0.15) is 0 Å². The summed E-state index contributed by atoms with van der Waals surface area (Å²) in [5, 5.41) is 0.688. The zero-order chi connectivity index (χ0) is 14.6. The second kappa shape index (κ2) is 4.68. The molecule has 1 aromatic carbocycles. The van der Waals surface area contributed by atoms with Gasteiger partial charge in [-0.15, -0.1) is 0 Å². The minimum atomic E-state index is -0.0366. The molecule has 0 bridgehead atoms. The maximum absolute atomic E-state index is 12.3. The number of nitrogens with zero attached hydrogens (tertiary/aromatic N) is 2. The van der Waals surface area contributed by atoms with Gasteiger partial charge in [0.15, 0.2) is 5.78 Å². The van der Waals surface area contributed by atoms with Crippen LogP contribution in [0.15, 0.2) is 47.1 Å². The molecule has 0 spiro atoms. The normalized spacial score (nSPS) is 17.4. The summed E-state index contributed by atoms with van der Waals surface area (Å²) in [4.78, 5) is 16.8. The molecule has 1 atom stereocenters. The molecule has 0 saturated carbocycles. The lowest BCUT2D eigenvalue weighted by atomic mass is 9.96. The maximum Gasteiger partial charge on any atom is 0.184 e. The Labute approximate surface area is 134 Å². The van der Waals surface area contributed by atoms with E-state index in [-0.39, 0.29) is 11.7 Å². The number of carbonyl (C=O) groups is 1. The van der Waals surface area contributed by atoms with Crippen LogP contribution in [-0.4, -0.2) is 15.2 Å². The number of benzene rings is 1. The smallest absolute Gasteiger partial charge is 0.184 e. The molecule has 1 unspecified atom stereocenters. The number of hydrogen-bond donors (Lipinski definition) is 0. The molecule has 3 aromatic rings. The summed E-state index contributed by atoms with van der Waals surface area (Å²) in [5.74, 6) is 0.0419. The molecule has 0 N–H and O–H groups in total. The van der Waals surface area contributed by atoms with Crippen LogP contribution in [0.1, 0.15) is 34.1 Å². The van der Waals surface area contributed by atoms with E-state index in [4.69, 9.17) is 11.6 Å². The van der Waals surface area contributed by atoms with E-state index >= 15 is 0 Å². The second-order valence-electron chi connectivity index (χ2n) is 5.12. The Bertz CT molecular complexity index is 887. The number of carbonyl (C=O) groups excluding carboxylic acids is 1. The summed E-state index contributed by atoms with van der Waals surface area (Å²) in [6.45, 7) is 0. The van der Waals surface area contributed by atoms with Crippen molar-refractivity contribution in [2.75, 3.05) is 0 Å². The monoisotopic (exact) mass is 360 g/mol. The first-order chi connectivity index (χ1) is 10.1. The van der Waals surface area contributed by atoms with Crippen LogP contribution in [0, 0.1) is 0 Å². The molecule has 104 valence electrons. The number of fused-ring (bicyclic) bond motifs is 3. The third-order valence-electron chi connectivity index (χ3n) is 3.88. The summed E-state index contributed by atoms with van der Waals surface area (Å²) in [5.41, 5.74) is 3.27. The van der Waals surface area contributed by atoms with Crippen LogP contribution in [-0.2, 0) is 0 Å². The maximum atomic E-state index is 12.3. The molecule has 0 aliphatic heterocycles. The fourth-order valence-corrected chi connectivity index (χ4v) is 3.57. The van der Waals surface area contributed by atoms with Crippen LogP contribution in [0.25, 0.3) is 5.65 Å². The van der Waals surface area contributed by atoms with Crippen LogP contribution in [0.5, 0.6) is 0 Å². The Morgan fingerprint density at radius 3 is 2.86 bits per heavy atom. The molecule has 4 rings (SSSR count). The van der Waals surface area contributed by atoms with E-state index in [9.17, 15) is 4.79 Å². The molecule has 0 radical (unpaired) electrons. The van der Waals surface area contributed by atoms with Crippen LogP contribution in [0.4, 0.5) is 0 Å². The first-order valence-corrected chi connectivity index (χ1v) is 7.77. The summed E-state index contributed by atoms with van der Waals surface area (Å²) in [6.07, 6.45) is 2.38. The number of halogens is 2. The highest BCUT2D eigenvalue weighted by molar-refractivity contribution is 9.10. The van der Waals surface area contributed by atoms with Gasteiger partial charge in [-0.25, -0.2) is 4.98 Å². The number of hydrogen-bond acceptors (Lipinski definition) is 2. The molecule has 2 heterocycles. The summed E-state index contributed by atoms with van der Waals surface area (Å²) in [6, 6.07) is 11.5. The first-order valence-electron chi connectivity index (χ1n) is 6.60. The topological polar surface area (TPSA) is 34.4 Å². The van der Waals surface area contributed by atoms with Crippen molar-refractivity contribution in [1.29, 1.82) is 0 Å². The Morgan fingerprint density at radius 2 is 2.05 bits per heavy atom. The highest BCUT2D eigenvalue weighted by atomic mass is 79.9. The van der Waals surface area contributed by atoms with E-state index in [1.165, 1.54) is 0 Å². The highest BCUT2D eigenvalue weighted by Gasteiger charge is 2.36. The molecular formula is C16H10BrClN2O. The number of imidazole rings is 1. The van der Waals surface area contributed by atoms with Crippen molar-refractivity contribution in [2.45, 2.75) is 12.3 Å². The van der Waals surface area contributed by atoms with Crippen LogP contribution in [0.2, 0.25) is 5.02 Å². The Hall–Kier alpha value is -1.65.